The molecule has 1 aromatic carbocycles. The molecule has 1 fully saturated rings. The number of aromatic nitrogens is 2. The van der Waals surface area contributed by atoms with Gasteiger partial charge in [-0.3, -0.25) is 0 Å². The highest BCUT2D eigenvalue weighted by atomic mass is 16.5. The molecule has 1 unspecified atom stereocenters. The molecule has 0 bridgehead atoms. The minimum absolute atomic E-state index is 0.125. The molecule has 0 amide bonds. The fourth-order valence-corrected chi connectivity index (χ4v) is 2.27. The molecule has 1 aliphatic rings. The molecule has 110 valence electrons. The molecule has 1 heterocycles. The van der Waals surface area contributed by atoms with Crippen LogP contribution in [0.25, 0.3) is 11.3 Å². The third kappa shape index (κ3) is 3.58. The number of ether oxygens (including phenoxy) is 1. The number of hydrogen-bond donors (Lipinski definition) is 1. The van der Waals surface area contributed by atoms with E-state index >= 15 is 0 Å². The van der Waals surface area contributed by atoms with Gasteiger partial charge < -0.3 is 10.1 Å². The second kappa shape index (κ2) is 6.22. The van der Waals surface area contributed by atoms with Crippen LogP contribution in [-0.2, 0) is 4.74 Å². The number of benzene rings is 1. The first-order chi connectivity index (χ1) is 10.3. The predicted molar refractivity (Wildman–Crippen MR) is 84.2 cm³/mol. The van der Waals surface area contributed by atoms with Gasteiger partial charge in [-0.25, -0.2) is 0 Å². The lowest BCUT2D eigenvalue weighted by Gasteiger charge is -2.12. The van der Waals surface area contributed by atoms with Crippen molar-refractivity contribution in [3.05, 3.63) is 42.0 Å². The van der Waals surface area contributed by atoms with Gasteiger partial charge in [-0.15, -0.1) is 10.2 Å². The second-order valence-corrected chi connectivity index (χ2v) is 5.44. The fraction of sp³-hybridized carbons (Fsp3) is 0.412. The first-order valence-electron chi connectivity index (χ1n) is 7.58. The van der Waals surface area contributed by atoms with Crippen LogP contribution in [0.15, 0.2) is 36.4 Å². The number of hydrogen-bond acceptors (Lipinski definition) is 4. The van der Waals surface area contributed by atoms with Crippen molar-refractivity contribution in [1.82, 2.24) is 10.2 Å². The lowest BCUT2D eigenvalue weighted by molar-refractivity contribution is 0.0764. The van der Waals surface area contributed by atoms with E-state index in [1.54, 1.807) is 0 Å². The standard InChI is InChI=1S/C17H21N3O/c1-3-21-12(2)13-4-6-14(7-5-13)16-10-11-17(20-19-16)18-15-8-9-15/h4-7,10-12,15H,3,8-9H2,1-2H3,(H,18,20). The molecule has 1 atom stereocenters. The molecule has 1 aliphatic carbocycles. The number of nitrogens with zero attached hydrogens (tertiary/aromatic N) is 2. The van der Waals surface area contributed by atoms with Crippen LogP contribution in [0.5, 0.6) is 0 Å². The van der Waals surface area contributed by atoms with E-state index in [0.717, 1.165) is 23.7 Å². The number of nitrogens with one attached hydrogen (secondary N) is 1. The Morgan fingerprint density at radius 3 is 2.48 bits per heavy atom. The van der Waals surface area contributed by atoms with Gasteiger partial charge in [-0.1, -0.05) is 24.3 Å². The summed E-state index contributed by atoms with van der Waals surface area (Å²) in [6.45, 7) is 4.80. The molecule has 0 spiro atoms. The highest BCUT2D eigenvalue weighted by Gasteiger charge is 2.21. The van der Waals surface area contributed by atoms with Crippen molar-refractivity contribution in [3.8, 4) is 11.3 Å². The molecular formula is C17H21N3O. The Bertz CT molecular complexity index is 576. The minimum atomic E-state index is 0.125. The molecule has 1 saturated carbocycles. The number of rotatable bonds is 6. The van der Waals surface area contributed by atoms with E-state index in [2.05, 4.69) is 46.7 Å². The van der Waals surface area contributed by atoms with Crippen LogP contribution in [-0.4, -0.2) is 22.8 Å². The lowest BCUT2D eigenvalue weighted by Crippen LogP contribution is -2.04. The Morgan fingerprint density at radius 2 is 1.90 bits per heavy atom. The molecule has 0 radical (unpaired) electrons. The minimum Gasteiger partial charge on any atom is -0.374 e. The quantitative estimate of drug-likeness (QED) is 0.875. The topological polar surface area (TPSA) is 47.0 Å². The molecule has 1 N–H and O–H groups in total. The van der Waals surface area contributed by atoms with Crippen LogP contribution in [0.4, 0.5) is 5.82 Å². The average Bonchev–Trinajstić information content (AvgIpc) is 3.32. The van der Waals surface area contributed by atoms with Crippen LogP contribution < -0.4 is 5.32 Å². The molecular weight excluding hydrogens is 262 g/mol. The highest BCUT2D eigenvalue weighted by Crippen LogP contribution is 2.25. The van der Waals surface area contributed by atoms with Gasteiger partial charge in [0, 0.05) is 18.2 Å². The zero-order chi connectivity index (χ0) is 14.7. The third-order valence-electron chi connectivity index (χ3n) is 3.69. The predicted octanol–water partition coefficient (Wildman–Crippen LogP) is 3.82. The third-order valence-corrected chi connectivity index (χ3v) is 3.69. The molecule has 4 nitrogen and oxygen atoms in total. The first kappa shape index (κ1) is 14.0. The first-order valence-corrected chi connectivity index (χ1v) is 7.58. The van der Waals surface area contributed by atoms with Gasteiger partial charge in [0.1, 0.15) is 5.82 Å². The highest BCUT2D eigenvalue weighted by molar-refractivity contribution is 5.60. The van der Waals surface area contributed by atoms with Gasteiger partial charge in [0.25, 0.3) is 0 Å². The van der Waals surface area contributed by atoms with Crippen molar-refractivity contribution in [2.45, 2.75) is 38.8 Å². The second-order valence-electron chi connectivity index (χ2n) is 5.44. The molecule has 1 aromatic heterocycles. The molecule has 4 heteroatoms. The summed E-state index contributed by atoms with van der Waals surface area (Å²) in [6, 6.07) is 12.9. The zero-order valence-corrected chi connectivity index (χ0v) is 12.5. The van der Waals surface area contributed by atoms with Crippen molar-refractivity contribution in [2.24, 2.45) is 0 Å². The molecule has 0 saturated heterocycles. The monoisotopic (exact) mass is 283 g/mol. The summed E-state index contributed by atoms with van der Waals surface area (Å²) in [4.78, 5) is 0. The molecule has 0 aliphatic heterocycles. The van der Waals surface area contributed by atoms with Crippen molar-refractivity contribution in [2.75, 3.05) is 11.9 Å². The SMILES string of the molecule is CCOC(C)c1ccc(-c2ccc(NC3CC3)nn2)cc1. The van der Waals surface area contributed by atoms with E-state index < -0.39 is 0 Å². The Labute approximate surface area is 125 Å². The maximum atomic E-state index is 5.60. The number of anilines is 1. The van der Waals surface area contributed by atoms with E-state index in [1.807, 2.05) is 19.1 Å². The maximum absolute atomic E-state index is 5.60. The summed E-state index contributed by atoms with van der Waals surface area (Å²) >= 11 is 0. The largest absolute Gasteiger partial charge is 0.374 e. The average molecular weight is 283 g/mol. The molecule has 2 aromatic rings. The van der Waals surface area contributed by atoms with E-state index in [9.17, 15) is 0 Å². The summed E-state index contributed by atoms with van der Waals surface area (Å²) in [7, 11) is 0. The molecule has 3 rings (SSSR count). The fourth-order valence-electron chi connectivity index (χ4n) is 2.27. The van der Waals surface area contributed by atoms with Gasteiger partial charge in [0.2, 0.25) is 0 Å². The van der Waals surface area contributed by atoms with Crippen LogP contribution in [0.3, 0.4) is 0 Å². The van der Waals surface area contributed by atoms with Gasteiger partial charge >= 0.3 is 0 Å². The Morgan fingerprint density at radius 1 is 1.14 bits per heavy atom. The van der Waals surface area contributed by atoms with Crippen LogP contribution in [0.2, 0.25) is 0 Å². The van der Waals surface area contributed by atoms with E-state index in [4.69, 9.17) is 4.74 Å². The maximum Gasteiger partial charge on any atom is 0.148 e. The summed E-state index contributed by atoms with van der Waals surface area (Å²) in [5, 5.41) is 11.9. The normalized spacial score (nSPS) is 15.7. The van der Waals surface area contributed by atoms with Crippen molar-refractivity contribution in [1.29, 1.82) is 0 Å². The van der Waals surface area contributed by atoms with E-state index in [0.29, 0.717) is 6.04 Å². The van der Waals surface area contributed by atoms with Crippen LogP contribution in [0.1, 0.15) is 38.4 Å². The van der Waals surface area contributed by atoms with Gasteiger partial charge in [0.05, 0.1) is 11.8 Å². The van der Waals surface area contributed by atoms with Gasteiger partial charge in [0.15, 0.2) is 0 Å². The van der Waals surface area contributed by atoms with Gasteiger partial charge in [-0.05, 0) is 44.4 Å². The summed E-state index contributed by atoms with van der Waals surface area (Å²) < 4.78 is 5.60. The zero-order valence-electron chi connectivity index (χ0n) is 12.5. The van der Waals surface area contributed by atoms with Crippen molar-refractivity contribution >= 4 is 5.82 Å². The van der Waals surface area contributed by atoms with E-state index in [-0.39, 0.29) is 6.10 Å². The Kier molecular flexibility index (Phi) is 4.15. The Hall–Kier alpha value is -1.94. The smallest absolute Gasteiger partial charge is 0.148 e. The lowest BCUT2D eigenvalue weighted by atomic mass is 10.1. The Balaban J connectivity index is 1.70. The molecule has 21 heavy (non-hydrogen) atoms. The van der Waals surface area contributed by atoms with E-state index in [1.165, 1.54) is 18.4 Å². The van der Waals surface area contributed by atoms with Crippen LogP contribution >= 0.6 is 0 Å². The summed E-state index contributed by atoms with van der Waals surface area (Å²) in [6.07, 6.45) is 2.60. The summed E-state index contributed by atoms with van der Waals surface area (Å²) in [5.74, 6) is 0.864. The van der Waals surface area contributed by atoms with Crippen molar-refractivity contribution in [3.63, 3.8) is 0 Å². The van der Waals surface area contributed by atoms with Crippen molar-refractivity contribution < 1.29 is 4.74 Å². The van der Waals surface area contributed by atoms with Gasteiger partial charge in [-0.2, -0.15) is 0 Å². The summed E-state index contributed by atoms with van der Waals surface area (Å²) in [5.41, 5.74) is 3.15. The van der Waals surface area contributed by atoms with Crippen LogP contribution in [0, 0.1) is 0 Å².